The maximum Gasteiger partial charge on any atom is 0.243 e. The molecule has 1 N–H and O–H groups in total. The Labute approximate surface area is 233 Å². The molecule has 2 aromatic rings. The molecule has 0 saturated heterocycles. The number of benzene rings is 2. The molecule has 2 amide bonds. The van der Waals surface area contributed by atoms with Crippen molar-refractivity contribution in [3.63, 3.8) is 0 Å². The average molecular weight is 593 g/mol. The first-order valence-electron chi connectivity index (χ1n) is 12.0. The van der Waals surface area contributed by atoms with Gasteiger partial charge in [0.05, 0.1) is 11.9 Å². The van der Waals surface area contributed by atoms with Crippen LogP contribution in [0.3, 0.4) is 0 Å². The highest BCUT2D eigenvalue weighted by atomic mass is 35.5. The van der Waals surface area contributed by atoms with Gasteiger partial charge in [0.2, 0.25) is 21.8 Å². The fraction of sp³-hybridized carbons (Fsp3) is 0.462. The van der Waals surface area contributed by atoms with Gasteiger partial charge < -0.3 is 10.2 Å². The zero-order valence-corrected chi connectivity index (χ0v) is 24.4. The molecule has 2 rings (SSSR count). The first-order valence-corrected chi connectivity index (χ1v) is 14.6. The van der Waals surface area contributed by atoms with Gasteiger partial charge in [-0.15, -0.1) is 0 Å². The van der Waals surface area contributed by atoms with Crippen LogP contribution >= 0.6 is 23.2 Å². The summed E-state index contributed by atoms with van der Waals surface area (Å²) in [6.07, 6.45) is 1.21. The number of hydrogen-bond acceptors (Lipinski definition) is 4. The molecule has 0 heterocycles. The maximum absolute atomic E-state index is 13.8. The number of sulfonamides is 1. The van der Waals surface area contributed by atoms with Gasteiger partial charge in [-0.05, 0) is 63.4 Å². The molecule has 0 saturated carbocycles. The van der Waals surface area contributed by atoms with Crippen molar-refractivity contribution < 1.29 is 26.8 Å². The van der Waals surface area contributed by atoms with Crippen LogP contribution in [-0.2, 0) is 26.2 Å². The van der Waals surface area contributed by atoms with Gasteiger partial charge >= 0.3 is 0 Å². The van der Waals surface area contributed by atoms with Crippen molar-refractivity contribution in [3.8, 4) is 0 Å². The minimum Gasteiger partial charge on any atom is -0.350 e. The van der Waals surface area contributed by atoms with E-state index in [1.54, 1.807) is 25.1 Å². The fourth-order valence-corrected chi connectivity index (χ4v) is 5.28. The van der Waals surface area contributed by atoms with Gasteiger partial charge in [-0.25, -0.2) is 17.2 Å². The Morgan fingerprint density at radius 3 is 2.24 bits per heavy atom. The zero-order valence-electron chi connectivity index (χ0n) is 22.0. The first-order chi connectivity index (χ1) is 17.5. The fourth-order valence-electron chi connectivity index (χ4n) is 3.85. The number of nitrogens with zero attached hydrogens (tertiary/aromatic N) is 2. The van der Waals surface area contributed by atoms with E-state index in [1.165, 1.54) is 4.90 Å². The average Bonchev–Trinajstić information content (AvgIpc) is 2.78. The summed E-state index contributed by atoms with van der Waals surface area (Å²) in [5.74, 6) is -3.02. The Morgan fingerprint density at radius 2 is 1.71 bits per heavy atom. The summed E-state index contributed by atoms with van der Waals surface area (Å²) in [7, 11) is -3.85. The highest BCUT2D eigenvalue weighted by Gasteiger charge is 2.31. The minimum absolute atomic E-state index is 0.0316. The van der Waals surface area contributed by atoms with Gasteiger partial charge in [-0.3, -0.25) is 13.9 Å². The maximum atomic E-state index is 13.8. The van der Waals surface area contributed by atoms with Crippen molar-refractivity contribution in [2.75, 3.05) is 17.1 Å². The summed E-state index contributed by atoms with van der Waals surface area (Å²) in [6, 6.07) is 6.82. The van der Waals surface area contributed by atoms with Crippen LogP contribution < -0.4 is 9.62 Å². The summed E-state index contributed by atoms with van der Waals surface area (Å²) in [6.45, 7) is 7.15. The lowest BCUT2D eigenvalue weighted by Gasteiger charge is -2.33. The largest absolute Gasteiger partial charge is 0.350 e. The lowest BCUT2D eigenvalue weighted by atomic mass is 10.0. The monoisotopic (exact) mass is 591 g/mol. The van der Waals surface area contributed by atoms with E-state index in [2.05, 4.69) is 5.32 Å². The molecule has 0 radical (unpaired) electrons. The lowest BCUT2D eigenvalue weighted by Crippen LogP contribution is -2.53. The zero-order chi connectivity index (χ0) is 28.8. The minimum atomic E-state index is -3.85. The van der Waals surface area contributed by atoms with Crippen LogP contribution in [-0.4, -0.2) is 49.5 Å². The van der Waals surface area contributed by atoms with E-state index in [9.17, 15) is 26.8 Å². The van der Waals surface area contributed by atoms with Gasteiger partial charge in [0.25, 0.3) is 0 Å². The SMILES string of the molecule is CC[C@H](C(=O)NC(C)(C)C)N(Cc1ccc(Cl)cc1Cl)C(=O)CCCN(c1ccc(F)c(F)c1)S(C)(=O)=O. The molecule has 210 valence electrons. The third-order valence-electron chi connectivity index (χ3n) is 5.58. The third kappa shape index (κ3) is 9.10. The Hall–Kier alpha value is -2.43. The molecule has 0 aliphatic heterocycles. The van der Waals surface area contributed by atoms with E-state index in [0.717, 1.165) is 28.8 Å². The molecule has 0 fully saturated rings. The Kier molecular flexibility index (Phi) is 10.9. The molecule has 0 spiro atoms. The number of rotatable bonds is 11. The molecule has 1 atom stereocenters. The molecule has 0 unspecified atom stereocenters. The Balaban J connectivity index is 2.29. The van der Waals surface area contributed by atoms with Crippen molar-refractivity contribution in [2.45, 2.75) is 65.1 Å². The summed E-state index contributed by atoms with van der Waals surface area (Å²) >= 11 is 12.4. The van der Waals surface area contributed by atoms with Gasteiger partial charge in [-0.1, -0.05) is 36.2 Å². The van der Waals surface area contributed by atoms with Crippen LogP contribution in [0.1, 0.15) is 52.5 Å². The van der Waals surface area contributed by atoms with Crippen LogP contribution in [0.2, 0.25) is 10.0 Å². The molecular weight excluding hydrogens is 559 g/mol. The van der Waals surface area contributed by atoms with E-state index in [-0.39, 0.29) is 37.5 Å². The molecule has 0 aliphatic carbocycles. The third-order valence-corrected chi connectivity index (χ3v) is 7.36. The number of carbonyl (C=O) groups excluding carboxylic acids is 2. The van der Waals surface area contributed by atoms with Crippen molar-refractivity contribution in [3.05, 3.63) is 63.6 Å². The van der Waals surface area contributed by atoms with Crippen LogP contribution in [0.15, 0.2) is 36.4 Å². The van der Waals surface area contributed by atoms with E-state index < -0.39 is 39.1 Å². The topological polar surface area (TPSA) is 86.8 Å². The van der Waals surface area contributed by atoms with Crippen LogP contribution in [0.25, 0.3) is 0 Å². The van der Waals surface area contributed by atoms with Crippen LogP contribution in [0.5, 0.6) is 0 Å². The highest BCUT2D eigenvalue weighted by Crippen LogP contribution is 2.25. The Bertz CT molecular complexity index is 1270. The van der Waals surface area contributed by atoms with Crippen molar-refractivity contribution in [2.24, 2.45) is 0 Å². The van der Waals surface area contributed by atoms with E-state index >= 15 is 0 Å². The van der Waals surface area contributed by atoms with Crippen molar-refractivity contribution >= 4 is 50.7 Å². The Morgan fingerprint density at radius 1 is 1.05 bits per heavy atom. The first kappa shape index (κ1) is 31.8. The summed E-state index contributed by atoms with van der Waals surface area (Å²) in [5.41, 5.74) is 0.00278. The van der Waals surface area contributed by atoms with Gasteiger partial charge in [0, 0.05) is 41.2 Å². The van der Waals surface area contributed by atoms with Crippen molar-refractivity contribution in [1.29, 1.82) is 0 Å². The predicted octanol–water partition coefficient (Wildman–Crippen LogP) is 5.54. The summed E-state index contributed by atoms with van der Waals surface area (Å²) in [5, 5.41) is 3.66. The number of anilines is 1. The number of carbonyl (C=O) groups is 2. The number of nitrogens with one attached hydrogen (secondary N) is 1. The van der Waals surface area contributed by atoms with Crippen molar-refractivity contribution in [1.82, 2.24) is 10.2 Å². The molecule has 7 nitrogen and oxygen atoms in total. The molecule has 0 bridgehead atoms. The second kappa shape index (κ2) is 13.1. The summed E-state index contributed by atoms with van der Waals surface area (Å²) < 4.78 is 52.7. The highest BCUT2D eigenvalue weighted by molar-refractivity contribution is 7.92. The number of amides is 2. The second-order valence-corrected chi connectivity index (χ2v) is 12.7. The van der Waals surface area contributed by atoms with Crippen LogP contribution in [0.4, 0.5) is 14.5 Å². The normalized spacial score (nSPS) is 12.7. The number of halogens is 4. The molecule has 0 aromatic heterocycles. The molecule has 12 heteroatoms. The van der Waals surface area contributed by atoms with E-state index in [4.69, 9.17) is 23.2 Å². The molecular formula is C26H33Cl2F2N3O4S. The van der Waals surface area contributed by atoms with Gasteiger partial charge in [0.1, 0.15) is 6.04 Å². The van der Waals surface area contributed by atoms with Gasteiger partial charge in [0.15, 0.2) is 11.6 Å². The predicted molar refractivity (Wildman–Crippen MR) is 147 cm³/mol. The lowest BCUT2D eigenvalue weighted by molar-refractivity contribution is -0.142. The quantitative estimate of drug-likeness (QED) is 0.371. The molecule has 2 aromatic carbocycles. The van der Waals surface area contributed by atoms with E-state index in [0.29, 0.717) is 22.0 Å². The number of hydrogen-bond donors (Lipinski definition) is 1. The molecule has 38 heavy (non-hydrogen) atoms. The van der Waals surface area contributed by atoms with Gasteiger partial charge in [-0.2, -0.15) is 0 Å². The molecule has 0 aliphatic rings. The standard InChI is InChI=1S/C26H33Cl2F2N3O4S/c1-6-23(25(35)31-26(2,3)4)32(16-17-9-10-18(27)14-20(17)28)24(34)8-7-13-33(38(5,36)37)19-11-12-21(29)22(30)15-19/h9-12,14-15,23H,6-8,13,16H2,1-5H3,(H,31,35)/t23-/m1/s1. The smallest absolute Gasteiger partial charge is 0.243 e. The second-order valence-electron chi connectivity index (χ2n) is 9.96. The van der Waals surface area contributed by atoms with E-state index in [1.807, 2.05) is 20.8 Å². The summed E-state index contributed by atoms with van der Waals surface area (Å²) in [4.78, 5) is 28.0. The van der Waals surface area contributed by atoms with Crippen LogP contribution in [0, 0.1) is 11.6 Å².